The van der Waals surface area contributed by atoms with Gasteiger partial charge >= 0.3 is 5.97 Å². The van der Waals surface area contributed by atoms with Crippen LogP contribution in [-0.2, 0) is 18.8 Å². The molecule has 41 heavy (non-hydrogen) atoms. The molecule has 4 unspecified atom stereocenters. The fourth-order valence-corrected chi connectivity index (χ4v) is 9.09. The van der Waals surface area contributed by atoms with Gasteiger partial charge in [-0.3, -0.25) is 9.59 Å². The maximum absolute atomic E-state index is 14.0. The molecule has 0 spiro atoms. The average molecular weight is 604 g/mol. The lowest BCUT2D eigenvalue weighted by atomic mass is 9.73. The number of aliphatic hydroxyl groups is 1. The van der Waals surface area contributed by atoms with Gasteiger partial charge in [0.25, 0.3) is 0 Å². The predicted octanol–water partition coefficient (Wildman–Crippen LogP) is 8.07. The van der Waals surface area contributed by atoms with Crippen molar-refractivity contribution in [3.63, 3.8) is 0 Å². The minimum atomic E-state index is -2.19. The molecule has 5 atom stereocenters. The zero-order valence-electron chi connectivity index (χ0n) is 27.0. The molecule has 0 aromatic carbocycles. The van der Waals surface area contributed by atoms with E-state index < -0.39 is 38.0 Å². The third kappa shape index (κ3) is 9.57. The summed E-state index contributed by atoms with van der Waals surface area (Å²) in [5.74, 6) is -1.28. The molecule has 2 heterocycles. The molecular weight excluding hydrogens is 551 g/mol. The van der Waals surface area contributed by atoms with Crippen molar-refractivity contribution < 1.29 is 23.9 Å². The highest BCUT2D eigenvalue weighted by Crippen LogP contribution is 2.37. The Bertz CT molecular complexity index is 1110. The second-order valence-electron chi connectivity index (χ2n) is 12.4. The SMILES string of the molecule is CC[Si](CC)(CC)O[C@H]1CC(=O)OC(/C(C)=C/c2csc(C)n2)C/C=C(/C)C/C=C/C(C)C(O)C(C)C(=O)C1(C)C. The van der Waals surface area contributed by atoms with E-state index in [-0.39, 0.29) is 24.1 Å². The van der Waals surface area contributed by atoms with Gasteiger partial charge < -0.3 is 14.3 Å². The van der Waals surface area contributed by atoms with Crippen LogP contribution in [0.25, 0.3) is 6.08 Å². The van der Waals surface area contributed by atoms with Crippen LogP contribution in [0.4, 0.5) is 0 Å². The van der Waals surface area contributed by atoms with Crippen molar-refractivity contribution in [1.29, 1.82) is 0 Å². The van der Waals surface area contributed by atoms with E-state index in [1.165, 1.54) is 0 Å². The molecule has 1 aliphatic rings. The molecule has 0 saturated carbocycles. The number of rotatable bonds is 7. The Balaban J connectivity index is 2.56. The number of allylic oxidation sites excluding steroid dienone is 2. The summed E-state index contributed by atoms with van der Waals surface area (Å²) in [6, 6.07) is 2.70. The lowest BCUT2D eigenvalue weighted by Crippen LogP contribution is -2.51. The van der Waals surface area contributed by atoms with Gasteiger partial charge in [0.1, 0.15) is 11.9 Å². The summed E-state index contributed by atoms with van der Waals surface area (Å²) < 4.78 is 13.1. The smallest absolute Gasteiger partial charge is 0.309 e. The van der Waals surface area contributed by atoms with Gasteiger partial charge in [0, 0.05) is 29.1 Å². The Kier molecular flexibility index (Phi) is 13.4. The Morgan fingerprint density at radius 2 is 1.83 bits per heavy atom. The third-order valence-corrected chi connectivity index (χ3v) is 14.4. The number of Topliss-reactive ketones (excluding diaryl/α,β-unsaturated/α-hetero) is 1. The van der Waals surface area contributed by atoms with Gasteiger partial charge in [0.15, 0.2) is 8.32 Å². The predicted molar refractivity (Wildman–Crippen MR) is 172 cm³/mol. The minimum absolute atomic E-state index is 0.0198. The number of ether oxygens (including phenoxy) is 1. The van der Waals surface area contributed by atoms with E-state index >= 15 is 0 Å². The lowest BCUT2D eigenvalue weighted by molar-refractivity contribution is -0.153. The first-order valence-corrected chi connectivity index (χ1v) is 18.6. The number of hydrogen-bond acceptors (Lipinski definition) is 7. The fraction of sp³-hybridized carbons (Fsp3) is 0.667. The van der Waals surface area contributed by atoms with Crippen molar-refractivity contribution in [1.82, 2.24) is 4.98 Å². The maximum Gasteiger partial charge on any atom is 0.309 e. The van der Waals surface area contributed by atoms with Gasteiger partial charge in [-0.15, -0.1) is 11.3 Å². The van der Waals surface area contributed by atoms with Crippen molar-refractivity contribution in [3.05, 3.63) is 45.5 Å². The van der Waals surface area contributed by atoms with Crippen LogP contribution in [0.2, 0.25) is 18.1 Å². The van der Waals surface area contributed by atoms with Gasteiger partial charge in [0.2, 0.25) is 0 Å². The highest BCUT2D eigenvalue weighted by molar-refractivity contribution is 7.09. The van der Waals surface area contributed by atoms with Gasteiger partial charge in [-0.1, -0.05) is 72.3 Å². The maximum atomic E-state index is 14.0. The number of thiazole rings is 1. The highest BCUT2D eigenvalue weighted by atomic mass is 32.1. The summed E-state index contributed by atoms with van der Waals surface area (Å²) >= 11 is 1.59. The van der Waals surface area contributed by atoms with Crippen molar-refractivity contribution in [2.75, 3.05) is 0 Å². The molecule has 0 amide bonds. The van der Waals surface area contributed by atoms with Crippen LogP contribution in [0.5, 0.6) is 0 Å². The minimum Gasteiger partial charge on any atom is -0.457 e. The summed E-state index contributed by atoms with van der Waals surface area (Å²) in [6.07, 6.45) is 7.44. The van der Waals surface area contributed by atoms with Crippen LogP contribution in [0, 0.1) is 24.2 Å². The van der Waals surface area contributed by atoms with Gasteiger partial charge in [-0.05, 0) is 57.0 Å². The first kappa shape index (κ1) is 35.3. The van der Waals surface area contributed by atoms with E-state index in [1.807, 2.05) is 58.2 Å². The Morgan fingerprint density at radius 3 is 2.39 bits per heavy atom. The Labute approximate surface area is 253 Å². The molecular formula is C33H53NO5SSi. The Morgan fingerprint density at radius 1 is 1.20 bits per heavy atom. The van der Waals surface area contributed by atoms with E-state index in [0.29, 0.717) is 12.8 Å². The summed E-state index contributed by atoms with van der Waals surface area (Å²) in [5.41, 5.74) is 1.93. The standard InChI is InChI=1S/C33H53NO5SSi/c1-11-41(12-2,13-3)39-29-20-30(35)38-28(24(6)19-27-21-40-26(8)34-27)18-17-22(4)15-14-16-23(5)31(36)25(7)32(37)33(29,9)10/h14,16-17,19,21,23,25,28-29,31,36H,11-13,15,18,20H2,1-10H3/b16-14+,22-17-,24-19+/t23?,25?,28?,29-,31?/m0/s1. The number of nitrogens with zero attached hydrogens (tertiary/aromatic N) is 1. The molecule has 0 saturated heterocycles. The van der Waals surface area contributed by atoms with Crippen LogP contribution in [-0.4, -0.2) is 48.5 Å². The fourth-order valence-electron chi connectivity index (χ4n) is 5.53. The van der Waals surface area contributed by atoms with Gasteiger partial charge in [-0.25, -0.2) is 4.98 Å². The molecule has 0 aliphatic carbocycles. The van der Waals surface area contributed by atoms with Crippen molar-refractivity contribution in [2.45, 2.75) is 125 Å². The molecule has 1 N–H and O–H groups in total. The molecule has 6 nitrogen and oxygen atoms in total. The van der Waals surface area contributed by atoms with E-state index in [2.05, 4.69) is 38.8 Å². The van der Waals surface area contributed by atoms with Crippen molar-refractivity contribution in [2.24, 2.45) is 17.3 Å². The average Bonchev–Trinajstić information content (AvgIpc) is 3.35. The number of aliphatic hydroxyl groups excluding tert-OH is 1. The van der Waals surface area contributed by atoms with E-state index in [9.17, 15) is 14.7 Å². The van der Waals surface area contributed by atoms with Crippen LogP contribution in [0.3, 0.4) is 0 Å². The van der Waals surface area contributed by atoms with Gasteiger partial charge in [-0.2, -0.15) is 0 Å². The topological polar surface area (TPSA) is 85.7 Å². The van der Waals surface area contributed by atoms with E-state index in [0.717, 1.165) is 40.0 Å². The normalized spacial score (nSPS) is 29.5. The quantitative estimate of drug-likeness (QED) is 0.193. The number of esters is 1. The Hall–Kier alpha value is -1.87. The van der Waals surface area contributed by atoms with E-state index in [1.54, 1.807) is 18.3 Å². The first-order valence-electron chi connectivity index (χ1n) is 15.2. The molecule has 0 fully saturated rings. The summed E-state index contributed by atoms with van der Waals surface area (Å²) in [4.78, 5) is 32.2. The monoisotopic (exact) mass is 603 g/mol. The molecule has 230 valence electrons. The summed E-state index contributed by atoms with van der Waals surface area (Å²) in [7, 11) is -2.19. The zero-order chi connectivity index (χ0) is 31.0. The molecule has 2 rings (SSSR count). The molecule has 1 aromatic heterocycles. The number of aryl methyl sites for hydroxylation is 1. The summed E-state index contributed by atoms with van der Waals surface area (Å²) in [6.45, 7) is 19.9. The molecule has 8 heteroatoms. The molecule has 0 radical (unpaired) electrons. The third-order valence-electron chi connectivity index (χ3n) is 8.94. The van der Waals surface area contributed by atoms with Crippen LogP contribution < -0.4 is 0 Å². The van der Waals surface area contributed by atoms with Crippen LogP contribution >= 0.6 is 11.3 Å². The highest BCUT2D eigenvalue weighted by Gasteiger charge is 2.46. The molecule has 1 aliphatic heterocycles. The largest absolute Gasteiger partial charge is 0.457 e. The zero-order valence-corrected chi connectivity index (χ0v) is 28.8. The number of carbonyl (C=O) groups excluding carboxylic acids is 2. The first-order chi connectivity index (χ1) is 19.2. The number of ketones is 1. The molecule has 1 aromatic rings. The van der Waals surface area contributed by atoms with E-state index in [4.69, 9.17) is 9.16 Å². The van der Waals surface area contributed by atoms with Gasteiger partial charge in [0.05, 0.1) is 29.3 Å². The second-order valence-corrected chi connectivity index (χ2v) is 18.1. The number of carbonyl (C=O) groups is 2. The summed E-state index contributed by atoms with van der Waals surface area (Å²) in [5, 5.41) is 14.1. The second kappa shape index (κ2) is 15.6. The van der Waals surface area contributed by atoms with Crippen LogP contribution in [0.1, 0.15) is 92.3 Å². The number of hydrogen-bond donors (Lipinski definition) is 1. The number of cyclic esters (lactones) is 1. The van der Waals surface area contributed by atoms with Crippen molar-refractivity contribution in [3.8, 4) is 0 Å². The van der Waals surface area contributed by atoms with Crippen LogP contribution in [0.15, 0.2) is 34.8 Å². The lowest BCUT2D eigenvalue weighted by Gasteiger charge is -2.42. The number of aromatic nitrogens is 1. The van der Waals surface area contributed by atoms with Crippen molar-refractivity contribution >= 4 is 37.5 Å². The molecule has 0 bridgehead atoms.